The van der Waals surface area contributed by atoms with Crippen LogP contribution in [0.2, 0.25) is 0 Å². The van der Waals surface area contributed by atoms with Gasteiger partial charge in [-0.1, -0.05) is 39.0 Å². The number of aryl methyl sites for hydroxylation is 1. The Morgan fingerprint density at radius 3 is 2.25 bits per heavy atom. The third-order valence-electron chi connectivity index (χ3n) is 7.29. The predicted octanol–water partition coefficient (Wildman–Crippen LogP) is 3.77. The highest BCUT2D eigenvalue weighted by atomic mass is 32.2. The van der Waals surface area contributed by atoms with E-state index in [0.717, 1.165) is 41.4 Å². The summed E-state index contributed by atoms with van der Waals surface area (Å²) < 4.78 is 34.1. The summed E-state index contributed by atoms with van der Waals surface area (Å²) in [5, 5.41) is 3.91. The molecule has 0 aliphatic carbocycles. The molecular weight excluding hydrogens is 530 g/mol. The summed E-state index contributed by atoms with van der Waals surface area (Å²) in [5.74, 6) is -0.00551. The number of rotatable bonds is 7. The van der Waals surface area contributed by atoms with E-state index in [2.05, 4.69) is 21.0 Å². The van der Waals surface area contributed by atoms with Gasteiger partial charge in [0.15, 0.2) is 5.75 Å². The third-order valence-corrected chi connectivity index (χ3v) is 7.88. The van der Waals surface area contributed by atoms with Crippen molar-refractivity contribution < 1.29 is 22.7 Å². The van der Waals surface area contributed by atoms with Gasteiger partial charge in [-0.3, -0.25) is 19.2 Å². The summed E-state index contributed by atoms with van der Waals surface area (Å²) in [6.45, 7) is 11.3. The molecule has 2 N–H and O–H groups in total. The standard InChI is InChI=1S/C29H39N5O5S/c1-19(35)34-13-11-33(12-14-34)18-21-10-8-9-20-15-25(32(5)26(20)21)28(36)30-23-16-22(29(2,3)4)17-24(27(23)39-6)31-40(7,37)38/h8-10,15-17,31H,11-14,18H2,1-7H3,(H,30,36). The predicted molar refractivity (Wildman–Crippen MR) is 159 cm³/mol. The zero-order valence-electron chi connectivity index (χ0n) is 24.3. The lowest BCUT2D eigenvalue weighted by Gasteiger charge is -2.34. The molecule has 2 heterocycles. The van der Waals surface area contributed by atoms with Crippen molar-refractivity contribution in [1.82, 2.24) is 14.4 Å². The number of carbonyl (C=O) groups excluding carboxylic acids is 2. The molecule has 40 heavy (non-hydrogen) atoms. The number of fused-ring (bicyclic) bond motifs is 1. The summed E-state index contributed by atoms with van der Waals surface area (Å²) >= 11 is 0. The van der Waals surface area contributed by atoms with E-state index in [0.29, 0.717) is 31.0 Å². The zero-order valence-corrected chi connectivity index (χ0v) is 25.1. The highest BCUT2D eigenvalue weighted by molar-refractivity contribution is 7.92. The molecule has 0 spiro atoms. The van der Waals surface area contributed by atoms with E-state index in [-0.39, 0.29) is 28.7 Å². The number of nitrogens with one attached hydrogen (secondary N) is 2. The molecule has 3 aromatic rings. The third kappa shape index (κ3) is 6.42. The number of hydrogen-bond acceptors (Lipinski definition) is 6. The lowest BCUT2D eigenvalue weighted by Crippen LogP contribution is -2.47. The minimum absolute atomic E-state index is 0.101. The number of methoxy groups -OCH3 is 1. The van der Waals surface area contributed by atoms with E-state index in [1.807, 2.05) is 61.6 Å². The van der Waals surface area contributed by atoms with Crippen LogP contribution in [0.4, 0.5) is 11.4 Å². The molecule has 1 fully saturated rings. The summed E-state index contributed by atoms with van der Waals surface area (Å²) in [4.78, 5) is 29.5. The van der Waals surface area contributed by atoms with Crippen LogP contribution in [0.25, 0.3) is 10.9 Å². The second-order valence-electron chi connectivity index (χ2n) is 11.4. The van der Waals surface area contributed by atoms with Crippen LogP contribution in [0.5, 0.6) is 5.75 Å². The molecule has 0 unspecified atom stereocenters. The normalized spacial score (nSPS) is 14.8. The van der Waals surface area contributed by atoms with E-state index in [9.17, 15) is 18.0 Å². The van der Waals surface area contributed by atoms with Gasteiger partial charge in [0, 0.05) is 52.1 Å². The molecule has 4 rings (SSSR count). The maximum atomic E-state index is 13.7. The van der Waals surface area contributed by atoms with Gasteiger partial charge in [-0.05, 0) is 34.7 Å². The summed E-state index contributed by atoms with van der Waals surface area (Å²) in [6, 6.07) is 11.5. The SMILES string of the molecule is COc1c(NC(=O)c2cc3cccc(CN4CCN(C(C)=O)CC4)c3n2C)cc(C(C)(C)C)cc1NS(C)(=O)=O. The number of sulfonamides is 1. The van der Waals surface area contributed by atoms with Crippen molar-refractivity contribution in [2.45, 2.75) is 39.7 Å². The first-order chi connectivity index (χ1) is 18.7. The molecule has 0 radical (unpaired) electrons. The number of amides is 2. The van der Waals surface area contributed by atoms with Crippen molar-refractivity contribution >= 4 is 44.1 Å². The van der Waals surface area contributed by atoms with Crippen LogP contribution < -0.4 is 14.8 Å². The average molecular weight is 570 g/mol. The fourth-order valence-electron chi connectivity index (χ4n) is 5.15. The lowest BCUT2D eigenvalue weighted by atomic mass is 9.86. The van der Waals surface area contributed by atoms with Crippen molar-refractivity contribution in [3.8, 4) is 5.75 Å². The Kier molecular flexibility index (Phi) is 8.18. The number of piperazine rings is 1. The second kappa shape index (κ2) is 11.1. The first-order valence-electron chi connectivity index (χ1n) is 13.2. The van der Waals surface area contributed by atoms with E-state index in [1.165, 1.54) is 7.11 Å². The largest absolute Gasteiger partial charge is 0.492 e. The molecule has 0 saturated carbocycles. The molecule has 1 saturated heterocycles. The van der Waals surface area contributed by atoms with Gasteiger partial charge in [-0.2, -0.15) is 0 Å². The van der Waals surface area contributed by atoms with Crippen molar-refractivity contribution in [2.75, 3.05) is 49.6 Å². The van der Waals surface area contributed by atoms with Crippen LogP contribution >= 0.6 is 0 Å². The van der Waals surface area contributed by atoms with Gasteiger partial charge in [-0.25, -0.2) is 8.42 Å². The highest BCUT2D eigenvalue weighted by Gasteiger charge is 2.24. The van der Waals surface area contributed by atoms with E-state index < -0.39 is 10.0 Å². The van der Waals surface area contributed by atoms with Crippen molar-refractivity contribution in [3.63, 3.8) is 0 Å². The van der Waals surface area contributed by atoms with Gasteiger partial charge in [0.25, 0.3) is 5.91 Å². The Labute approximate surface area is 236 Å². The average Bonchev–Trinajstić information content (AvgIpc) is 3.20. The Bertz CT molecular complexity index is 1550. The number of aromatic nitrogens is 1. The van der Waals surface area contributed by atoms with Crippen LogP contribution in [0.15, 0.2) is 36.4 Å². The molecule has 2 amide bonds. The molecule has 0 atom stereocenters. The molecule has 10 nitrogen and oxygen atoms in total. The molecule has 1 aliphatic heterocycles. The Balaban J connectivity index is 1.66. The molecule has 2 aromatic carbocycles. The maximum absolute atomic E-state index is 13.7. The second-order valence-corrected chi connectivity index (χ2v) is 13.2. The maximum Gasteiger partial charge on any atom is 0.272 e. The molecule has 1 aromatic heterocycles. The van der Waals surface area contributed by atoms with Crippen molar-refractivity contribution in [2.24, 2.45) is 7.05 Å². The van der Waals surface area contributed by atoms with Gasteiger partial charge >= 0.3 is 0 Å². The van der Waals surface area contributed by atoms with Crippen LogP contribution in [0.3, 0.4) is 0 Å². The van der Waals surface area contributed by atoms with Gasteiger partial charge in [-0.15, -0.1) is 0 Å². The molecular formula is C29H39N5O5S. The minimum Gasteiger partial charge on any atom is -0.492 e. The number of anilines is 2. The molecule has 0 bridgehead atoms. The van der Waals surface area contributed by atoms with Crippen LogP contribution in [0, 0.1) is 0 Å². The highest BCUT2D eigenvalue weighted by Crippen LogP contribution is 2.39. The smallest absolute Gasteiger partial charge is 0.272 e. The molecule has 216 valence electrons. The number of para-hydroxylation sites is 1. The van der Waals surface area contributed by atoms with Gasteiger partial charge in [0.1, 0.15) is 5.69 Å². The first kappa shape index (κ1) is 29.4. The lowest BCUT2D eigenvalue weighted by molar-refractivity contribution is -0.130. The van der Waals surface area contributed by atoms with E-state index >= 15 is 0 Å². The van der Waals surface area contributed by atoms with Crippen molar-refractivity contribution in [1.29, 1.82) is 0 Å². The van der Waals surface area contributed by atoms with Gasteiger partial charge in [0.2, 0.25) is 15.9 Å². The number of nitrogens with zero attached hydrogens (tertiary/aromatic N) is 3. The van der Waals surface area contributed by atoms with E-state index in [1.54, 1.807) is 13.0 Å². The molecule has 1 aliphatic rings. The van der Waals surface area contributed by atoms with Gasteiger partial charge < -0.3 is 19.5 Å². The first-order valence-corrected chi connectivity index (χ1v) is 15.1. The number of hydrogen-bond donors (Lipinski definition) is 2. The minimum atomic E-state index is -3.59. The number of carbonyl (C=O) groups is 2. The van der Waals surface area contributed by atoms with E-state index in [4.69, 9.17) is 4.74 Å². The number of ether oxygens (including phenoxy) is 1. The van der Waals surface area contributed by atoms with Crippen LogP contribution in [-0.2, 0) is 33.8 Å². The summed E-state index contributed by atoms with van der Waals surface area (Å²) in [7, 11) is -0.280. The summed E-state index contributed by atoms with van der Waals surface area (Å²) in [6.07, 6.45) is 1.07. The van der Waals surface area contributed by atoms with Gasteiger partial charge in [0.05, 0.1) is 30.3 Å². The monoisotopic (exact) mass is 569 g/mol. The molecule has 11 heteroatoms. The Morgan fingerprint density at radius 1 is 1.02 bits per heavy atom. The topological polar surface area (TPSA) is 113 Å². The quantitative estimate of drug-likeness (QED) is 0.448. The fraction of sp³-hybridized carbons (Fsp3) is 0.448. The number of benzene rings is 2. The van der Waals surface area contributed by atoms with Crippen LogP contribution in [0.1, 0.15) is 49.3 Å². The van der Waals surface area contributed by atoms with Crippen molar-refractivity contribution in [3.05, 3.63) is 53.2 Å². The summed E-state index contributed by atoms with van der Waals surface area (Å²) in [5.41, 5.74) is 3.68. The Hall–Kier alpha value is -3.57. The Morgan fingerprint density at radius 2 is 1.68 bits per heavy atom. The fourth-order valence-corrected chi connectivity index (χ4v) is 5.70. The zero-order chi connectivity index (χ0) is 29.4. The van der Waals surface area contributed by atoms with Crippen LogP contribution in [-0.4, -0.2) is 74.1 Å².